The Morgan fingerprint density at radius 2 is 0.818 bits per heavy atom. The van der Waals surface area contributed by atoms with Crippen LogP contribution in [0.3, 0.4) is 0 Å². The molecule has 2 aliphatic carbocycles. The van der Waals surface area contributed by atoms with Gasteiger partial charge in [0.1, 0.15) is 0 Å². The summed E-state index contributed by atoms with van der Waals surface area (Å²) in [6.45, 7) is 4.62. The van der Waals surface area contributed by atoms with E-state index >= 15 is 0 Å². The molecule has 0 nitrogen and oxygen atoms in total. The van der Waals surface area contributed by atoms with Crippen LogP contribution in [0.25, 0.3) is 55.3 Å². The monoisotopic (exact) mass is 578 g/mol. The minimum Gasteiger partial charge on any atom is -0.0817 e. The minimum absolute atomic E-state index is 0.0805. The molecule has 0 aromatic heterocycles. The lowest BCUT2D eigenvalue weighted by atomic mass is 9.70. The summed E-state index contributed by atoms with van der Waals surface area (Å²) in [5, 5.41) is 4.02. The van der Waals surface area contributed by atoms with Gasteiger partial charge < -0.3 is 0 Å². The Bertz CT molecular complexity index is 2190. The van der Waals surface area contributed by atoms with Gasteiger partial charge in [-0.3, -0.25) is 0 Å². The van der Waals surface area contributed by atoms with Gasteiger partial charge in [0, 0.05) is 0 Å². The van der Waals surface area contributed by atoms with Crippen LogP contribution in [-0.2, 0) is 5.41 Å². The third kappa shape index (κ3) is 3.56. The van der Waals surface area contributed by atoms with E-state index < -0.39 is 0 Å². The second-order valence-electron chi connectivity index (χ2n) is 12.4. The van der Waals surface area contributed by atoms with E-state index in [1.54, 1.807) is 0 Å². The molecule has 0 fully saturated rings. The summed E-state index contributed by atoms with van der Waals surface area (Å²) in [4.78, 5) is 0. The van der Waals surface area contributed by atoms with E-state index in [9.17, 15) is 0 Å². The first-order valence-corrected chi connectivity index (χ1v) is 17.6. The summed E-state index contributed by atoms with van der Waals surface area (Å²) in [5.74, 6) is 0. The number of hydrogen-bond acceptors (Lipinski definition) is 0. The van der Waals surface area contributed by atoms with Gasteiger partial charge in [-0.05, 0) is 114 Å². The summed E-state index contributed by atoms with van der Waals surface area (Å²) in [6.07, 6.45) is 0. The van der Waals surface area contributed by atoms with Crippen LogP contribution in [0.15, 0.2) is 152 Å². The molecule has 1 heteroatoms. The van der Waals surface area contributed by atoms with Gasteiger partial charge in [-0.25, -0.2) is 0 Å². The van der Waals surface area contributed by atoms with Crippen molar-refractivity contribution < 1.29 is 0 Å². The Morgan fingerprint density at radius 3 is 1.43 bits per heavy atom. The lowest BCUT2D eigenvalue weighted by molar-refractivity contribution is 0.795. The molecule has 0 saturated carbocycles. The molecule has 0 heterocycles. The molecule has 0 radical (unpaired) electrons. The average molecular weight is 579 g/mol. The van der Waals surface area contributed by atoms with E-state index in [-0.39, 0.29) is 13.3 Å². The van der Waals surface area contributed by atoms with Crippen molar-refractivity contribution in [1.82, 2.24) is 0 Å². The van der Waals surface area contributed by atoms with Gasteiger partial charge in [0.25, 0.3) is 0 Å². The van der Waals surface area contributed by atoms with Crippen LogP contribution in [0, 0.1) is 0 Å². The maximum Gasteiger partial charge on any atom is 0.0725 e. The van der Waals surface area contributed by atoms with Crippen LogP contribution in [0.2, 0.25) is 0 Å². The Balaban J connectivity index is 1.25. The Hall–Kier alpha value is -4.77. The van der Waals surface area contributed by atoms with Crippen LogP contribution in [0.1, 0.15) is 22.3 Å². The first-order chi connectivity index (χ1) is 21.6. The van der Waals surface area contributed by atoms with E-state index in [1.165, 1.54) is 82.8 Å². The van der Waals surface area contributed by atoms with E-state index in [1.807, 2.05) is 0 Å². The Kier molecular flexibility index (Phi) is 5.62. The molecule has 208 valence electrons. The predicted molar refractivity (Wildman–Crippen MR) is 190 cm³/mol. The molecule has 7 aromatic rings. The first-order valence-electron chi connectivity index (χ1n) is 15.4. The molecular weight excluding hydrogens is 547 g/mol. The fourth-order valence-corrected chi connectivity index (χ4v) is 8.56. The van der Waals surface area contributed by atoms with E-state index in [0.29, 0.717) is 0 Å². The topological polar surface area (TPSA) is 0 Å². The highest BCUT2D eigenvalue weighted by molar-refractivity contribution is 7.64. The molecule has 0 unspecified atom stereocenters. The van der Waals surface area contributed by atoms with Gasteiger partial charge in [-0.15, -0.1) is 0 Å². The van der Waals surface area contributed by atoms with Gasteiger partial charge in [0.2, 0.25) is 0 Å². The van der Waals surface area contributed by atoms with Crippen molar-refractivity contribution in [3.63, 3.8) is 0 Å². The highest BCUT2D eigenvalue weighted by Crippen LogP contribution is 2.63. The second-order valence-corrected chi connectivity index (χ2v) is 14.7. The van der Waals surface area contributed by atoms with Gasteiger partial charge in [0.15, 0.2) is 0 Å². The quantitative estimate of drug-likeness (QED) is 0.183. The number of benzene rings is 7. The van der Waals surface area contributed by atoms with Gasteiger partial charge in [0.05, 0.1) is 5.41 Å². The van der Waals surface area contributed by atoms with Gasteiger partial charge in [-0.2, -0.15) is 0 Å². The standard InChI is InChI=1S/C43H31P/c1-44(2)34-22-19-29(20-23-34)28-15-17-30(18-16-28)33-21-24-37-38-25-31-9-3-4-10-32(31)26-42(38)43(41(37)27-33)39-13-7-5-11-35(39)36-12-6-8-14-40(36)43/h3-27H,1-2H3. The summed E-state index contributed by atoms with van der Waals surface area (Å²) < 4.78 is 0. The van der Waals surface area contributed by atoms with Crippen molar-refractivity contribution in [3.05, 3.63) is 174 Å². The molecule has 0 N–H and O–H groups in total. The maximum absolute atomic E-state index is 2.48. The third-order valence-corrected chi connectivity index (χ3v) is 11.2. The predicted octanol–water partition coefficient (Wildman–Crippen LogP) is 10.9. The van der Waals surface area contributed by atoms with Crippen molar-refractivity contribution >= 4 is 24.0 Å². The normalized spacial score (nSPS) is 13.6. The maximum atomic E-state index is 2.48. The zero-order valence-electron chi connectivity index (χ0n) is 24.9. The van der Waals surface area contributed by atoms with E-state index in [2.05, 4.69) is 165 Å². The Morgan fingerprint density at radius 1 is 0.364 bits per heavy atom. The molecule has 44 heavy (non-hydrogen) atoms. The number of rotatable bonds is 3. The third-order valence-electron chi connectivity index (χ3n) is 9.89. The van der Waals surface area contributed by atoms with Crippen molar-refractivity contribution in [2.45, 2.75) is 5.41 Å². The number of fused-ring (bicyclic) bond motifs is 11. The van der Waals surface area contributed by atoms with Crippen LogP contribution >= 0.6 is 7.92 Å². The summed E-state index contributed by atoms with van der Waals surface area (Å²) in [5.41, 5.74) is 15.6. The molecule has 0 aliphatic heterocycles. The fourth-order valence-electron chi connectivity index (χ4n) is 7.81. The zero-order valence-corrected chi connectivity index (χ0v) is 25.8. The van der Waals surface area contributed by atoms with E-state index in [0.717, 1.165) is 0 Å². The van der Waals surface area contributed by atoms with Crippen molar-refractivity contribution in [1.29, 1.82) is 0 Å². The molecule has 0 amide bonds. The fraction of sp³-hybridized carbons (Fsp3) is 0.0698. The van der Waals surface area contributed by atoms with Crippen LogP contribution in [-0.4, -0.2) is 13.3 Å². The molecular formula is C43H31P. The van der Waals surface area contributed by atoms with Crippen molar-refractivity contribution in [2.75, 3.05) is 13.3 Å². The molecule has 7 aromatic carbocycles. The zero-order chi connectivity index (χ0) is 29.4. The summed E-state index contributed by atoms with van der Waals surface area (Å²) in [6, 6.07) is 57.2. The number of hydrogen-bond donors (Lipinski definition) is 0. The van der Waals surface area contributed by atoms with E-state index in [4.69, 9.17) is 0 Å². The molecule has 1 spiro atoms. The molecule has 0 bridgehead atoms. The summed E-state index contributed by atoms with van der Waals surface area (Å²) in [7, 11) is -0.0805. The van der Waals surface area contributed by atoms with Crippen molar-refractivity contribution in [3.8, 4) is 44.5 Å². The molecule has 0 saturated heterocycles. The first kappa shape index (κ1) is 25.7. The minimum atomic E-state index is -0.350. The Labute approximate surface area is 260 Å². The van der Waals surface area contributed by atoms with Crippen LogP contribution < -0.4 is 5.30 Å². The van der Waals surface area contributed by atoms with Gasteiger partial charge in [-0.1, -0.05) is 141 Å². The lowest BCUT2D eigenvalue weighted by Crippen LogP contribution is -2.25. The summed E-state index contributed by atoms with van der Waals surface area (Å²) >= 11 is 0. The highest BCUT2D eigenvalue weighted by Gasteiger charge is 2.51. The second kappa shape index (κ2) is 9.62. The highest BCUT2D eigenvalue weighted by atomic mass is 31.1. The van der Waals surface area contributed by atoms with Crippen molar-refractivity contribution in [2.24, 2.45) is 0 Å². The average Bonchev–Trinajstić information content (AvgIpc) is 3.54. The largest absolute Gasteiger partial charge is 0.0817 e. The molecule has 0 atom stereocenters. The van der Waals surface area contributed by atoms with Crippen LogP contribution in [0.5, 0.6) is 0 Å². The van der Waals surface area contributed by atoms with Gasteiger partial charge >= 0.3 is 0 Å². The SMILES string of the molecule is CP(C)c1ccc(-c2ccc(-c3ccc4c(c3)C3(c5ccccc5-c5ccccc53)c3cc5ccccc5cc3-4)cc2)cc1. The van der Waals surface area contributed by atoms with Crippen LogP contribution in [0.4, 0.5) is 0 Å². The molecule has 2 aliphatic rings. The smallest absolute Gasteiger partial charge is 0.0725 e. The molecule has 9 rings (SSSR count). The lowest BCUT2D eigenvalue weighted by Gasteiger charge is -2.31.